The van der Waals surface area contributed by atoms with E-state index in [9.17, 15) is 0 Å². The van der Waals surface area contributed by atoms with E-state index >= 15 is 0 Å². The first kappa shape index (κ1) is 11.7. The van der Waals surface area contributed by atoms with Crippen molar-refractivity contribution in [2.75, 3.05) is 5.32 Å². The smallest absolute Gasteiger partial charge is 0.0631 e. The second-order valence-corrected chi connectivity index (χ2v) is 5.39. The largest absolute Gasteiger partial charge is 0.379 e. The second kappa shape index (κ2) is 5.06. The van der Waals surface area contributed by atoms with Crippen molar-refractivity contribution in [1.82, 2.24) is 4.98 Å². The Morgan fingerprint density at radius 3 is 2.50 bits per heavy atom. The number of aryl methyl sites for hydroxylation is 1. The molecule has 0 saturated carbocycles. The topological polar surface area (TPSA) is 27.8 Å². The molecule has 0 fully saturated rings. The summed E-state index contributed by atoms with van der Waals surface area (Å²) in [6, 6.07) is 6.26. The number of anilines is 1. The molecule has 0 bridgehead atoms. The highest BCUT2D eigenvalue weighted by Crippen LogP contribution is 2.32. The van der Waals surface area contributed by atoms with Gasteiger partial charge in [0.15, 0.2) is 0 Å². The van der Waals surface area contributed by atoms with Gasteiger partial charge in [0.1, 0.15) is 0 Å². The Labute approximate surface area is 112 Å². The number of hydrogen-bond donors (Lipinski definition) is 2. The summed E-state index contributed by atoms with van der Waals surface area (Å²) in [5.41, 5.74) is 3.55. The zero-order valence-electron chi connectivity index (χ0n) is 8.85. The molecule has 0 aliphatic carbocycles. The number of halogens is 2. The van der Waals surface area contributed by atoms with E-state index in [0.717, 1.165) is 21.2 Å². The lowest BCUT2D eigenvalue weighted by atomic mass is 10.2. The lowest BCUT2D eigenvalue weighted by molar-refractivity contribution is 1.14. The highest BCUT2D eigenvalue weighted by Gasteiger charge is 2.05. The minimum absolute atomic E-state index is 0.809. The Morgan fingerprint density at radius 2 is 1.94 bits per heavy atom. The fraction of sp³-hybridized carbons (Fsp3) is 0.167. The van der Waals surface area contributed by atoms with Crippen LogP contribution in [0.25, 0.3) is 0 Å². The van der Waals surface area contributed by atoms with E-state index in [1.165, 1.54) is 11.1 Å². The van der Waals surface area contributed by atoms with Crippen LogP contribution < -0.4 is 5.32 Å². The Bertz CT molecular complexity index is 455. The summed E-state index contributed by atoms with van der Waals surface area (Å²) in [7, 11) is 0. The van der Waals surface area contributed by atoms with E-state index in [2.05, 4.69) is 67.3 Å². The molecule has 2 nitrogen and oxygen atoms in total. The molecule has 2 N–H and O–H groups in total. The molecule has 1 heterocycles. The first-order valence-corrected chi connectivity index (χ1v) is 6.56. The molecular formula is C12H12Br2N2. The third kappa shape index (κ3) is 2.68. The molecule has 0 radical (unpaired) electrons. The van der Waals surface area contributed by atoms with Crippen LogP contribution in [0.5, 0.6) is 0 Å². The number of H-pyrrole nitrogens is 1. The molecule has 0 atom stereocenters. The first-order valence-electron chi connectivity index (χ1n) is 4.98. The van der Waals surface area contributed by atoms with Gasteiger partial charge in [0.05, 0.1) is 5.69 Å². The summed E-state index contributed by atoms with van der Waals surface area (Å²) in [5, 5.41) is 3.40. The fourth-order valence-electron chi connectivity index (χ4n) is 1.53. The van der Waals surface area contributed by atoms with E-state index in [-0.39, 0.29) is 0 Å². The molecule has 0 aliphatic rings. The van der Waals surface area contributed by atoms with Crippen LogP contribution in [-0.2, 0) is 6.54 Å². The lowest BCUT2D eigenvalue weighted by Gasteiger charge is -2.11. The van der Waals surface area contributed by atoms with Crippen LogP contribution >= 0.6 is 31.9 Å². The predicted molar refractivity (Wildman–Crippen MR) is 74.7 cm³/mol. The van der Waals surface area contributed by atoms with Crippen molar-refractivity contribution in [3.05, 3.63) is 50.7 Å². The summed E-state index contributed by atoms with van der Waals surface area (Å²) in [4.78, 5) is 3.04. The highest BCUT2D eigenvalue weighted by molar-refractivity contribution is 9.11. The van der Waals surface area contributed by atoms with Crippen molar-refractivity contribution >= 4 is 37.5 Å². The number of aromatic amines is 1. The van der Waals surface area contributed by atoms with Crippen molar-refractivity contribution in [1.29, 1.82) is 0 Å². The quantitative estimate of drug-likeness (QED) is 0.846. The number of rotatable bonds is 3. The lowest BCUT2D eigenvalue weighted by Crippen LogP contribution is -2.00. The molecule has 2 rings (SSSR count). The van der Waals surface area contributed by atoms with E-state index in [4.69, 9.17) is 0 Å². The van der Waals surface area contributed by atoms with E-state index in [1.54, 1.807) is 0 Å². The molecule has 0 amide bonds. The molecule has 0 spiro atoms. The molecule has 4 heteroatoms. The third-order valence-corrected chi connectivity index (χ3v) is 3.57. The van der Waals surface area contributed by atoms with Crippen LogP contribution in [0.4, 0.5) is 5.69 Å². The zero-order chi connectivity index (χ0) is 11.5. The monoisotopic (exact) mass is 342 g/mol. The molecule has 16 heavy (non-hydrogen) atoms. The average Bonchev–Trinajstić information content (AvgIpc) is 2.68. The highest BCUT2D eigenvalue weighted by atomic mass is 79.9. The van der Waals surface area contributed by atoms with Gasteiger partial charge in [-0.05, 0) is 68.1 Å². The normalized spacial score (nSPS) is 10.4. The SMILES string of the molecule is Cc1cc(Br)c(NCc2cc[nH]c2)c(Br)c1. The van der Waals surface area contributed by atoms with Crippen molar-refractivity contribution in [3.63, 3.8) is 0 Å². The van der Waals surface area contributed by atoms with Gasteiger partial charge in [-0.1, -0.05) is 0 Å². The maximum atomic E-state index is 3.56. The van der Waals surface area contributed by atoms with Crippen molar-refractivity contribution in [2.24, 2.45) is 0 Å². The Balaban J connectivity index is 2.15. The summed E-state index contributed by atoms with van der Waals surface area (Å²) >= 11 is 7.12. The molecule has 84 valence electrons. The Kier molecular flexibility index (Phi) is 3.71. The number of aromatic nitrogens is 1. The summed E-state index contributed by atoms with van der Waals surface area (Å²) < 4.78 is 2.16. The van der Waals surface area contributed by atoms with Crippen LogP contribution in [0.3, 0.4) is 0 Å². The van der Waals surface area contributed by atoms with Crippen molar-refractivity contribution in [2.45, 2.75) is 13.5 Å². The molecule has 0 aliphatic heterocycles. The van der Waals surface area contributed by atoms with Crippen molar-refractivity contribution < 1.29 is 0 Å². The minimum Gasteiger partial charge on any atom is -0.379 e. The second-order valence-electron chi connectivity index (χ2n) is 3.68. The Hall–Kier alpha value is -0.740. The maximum Gasteiger partial charge on any atom is 0.0631 e. The van der Waals surface area contributed by atoms with Crippen molar-refractivity contribution in [3.8, 4) is 0 Å². The van der Waals surface area contributed by atoms with Crippen LogP contribution in [0.15, 0.2) is 39.5 Å². The average molecular weight is 344 g/mol. The minimum atomic E-state index is 0.809. The van der Waals surface area contributed by atoms with Gasteiger partial charge in [0.25, 0.3) is 0 Å². The van der Waals surface area contributed by atoms with Gasteiger partial charge >= 0.3 is 0 Å². The van der Waals surface area contributed by atoms with Gasteiger partial charge in [0.2, 0.25) is 0 Å². The first-order chi connectivity index (χ1) is 7.66. The molecule has 1 aromatic heterocycles. The number of benzene rings is 1. The summed E-state index contributed by atoms with van der Waals surface area (Å²) in [5.74, 6) is 0. The van der Waals surface area contributed by atoms with Gasteiger partial charge in [-0.2, -0.15) is 0 Å². The van der Waals surface area contributed by atoms with Crippen LogP contribution in [-0.4, -0.2) is 4.98 Å². The van der Waals surface area contributed by atoms with Gasteiger partial charge in [-0.15, -0.1) is 0 Å². The maximum absolute atomic E-state index is 3.56. The summed E-state index contributed by atoms with van der Waals surface area (Å²) in [6.07, 6.45) is 3.92. The van der Waals surface area contributed by atoms with Gasteiger partial charge in [-0.25, -0.2) is 0 Å². The van der Waals surface area contributed by atoms with E-state index in [1.807, 2.05) is 12.4 Å². The molecule has 1 aromatic carbocycles. The zero-order valence-corrected chi connectivity index (χ0v) is 12.0. The van der Waals surface area contributed by atoms with E-state index in [0.29, 0.717) is 0 Å². The third-order valence-electron chi connectivity index (χ3n) is 2.32. The Morgan fingerprint density at radius 1 is 1.25 bits per heavy atom. The summed E-state index contributed by atoms with van der Waals surface area (Å²) in [6.45, 7) is 2.88. The van der Waals surface area contributed by atoms with Gasteiger partial charge in [0, 0.05) is 27.9 Å². The van der Waals surface area contributed by atoms with Crippen LogP contribution in [0.2, 0.25) is 0 Å². The standard InChI is InChI=1S/C12H12Br2N2/c1-8-4-10(13)12(11(14)5-8)16-7-9-2-3-15-6-9/h2-6,15-16H,7H2,1H3. The molecular weight excluding hydrogens is 332 g/mol. The van der Waals surface area contributed by atoms with Crippen LogP contribution in [0.1, 0.15) is 11.1 Å². The van der Waals surface area contributed by atoms with Gasteiger partial charge < -0.3 is 10.3 Å². The number of hydrogen-bond acceptors (Lipinski definition) is 1. The molecule has 0 saturated heterocycles. The number of nitrogens with one attached hydrogen (secondary N) is 2. The van der Waals surface area contributed by atoms with Crippen LogP contribution in [0, 0.1) is 6.92 Å². The predicted octanol–water partition coefficient (Wildman–Crippen LogP) is 4.46. The van der Waals surface area contributed by atoms with Gasteiger partial charge in [-0.3, -0.25) is 0 Å². The fourth-order valence-corrected chi connectivity index (χ4v) is 3.22. The molecule has 2 aromatic rings. The van der Waals surface area contributed by atoms with E-state index < -0.39 is 0 Å². The molecule has 0 unspecified atom stereocenters.